The second-order valence-electron chi connectivity index (χ2n) is 11.3. The number of hydrogen-bond donors (Lipinski definition) is 0. The number of rotatable bonds is 5. The van der Waals surface area contributed by atoms with Crippen molar-refractivity contribution >= 4 is 32.8 Å². The van der Waals surface area contributed by atoms with Crippen LogP contribution in [0.5, 0.6) is 0 Å². The fourth-order valence-electron chi connectivity index (χ4n) is 6.11. The molecule has 0 N–H and O–H groups in total. The molecule has 0 aliphatic rings. The maximum absolute atomic E-state index is 6.13. The van der Waals surface area contributed by atoms with E-state index in [-0.39, 0.29) is 0 Å². The highest BCUT2D eigenvalue weighted by atomic mass is 16.3. The average molecular weight is 604 g/mol. The lowest BCUT2D eigenvalue weighted by Gasteiger charge is -2.11. The van der Waals surface area contributed by atoms with Gasteiger partial charge in [0.05, 0.1) is 16.6 Å². The smallest absolute Gasteiger partial charge is 0.164 e. The van der Waals surface area contributed by atoms with E-state index < -0.39 is 0 Å². The Morgan fingerprint density at radius 2 is 1.04 bits per heavy atom. The van der Waals surface area contributed by atoms with Gasteiger partial charge in [-0.1, -0.05) is 127 Å². The van der Waals surface area contributed by atoms with Gasteiger partial charge in [0.2, 0.25) is 0 Å². The molecule has 0 bridgehead atoms. The van der Waals surface area contributed by atoms with E-state index in [0.29, 0.717) is 17.5 Å². The van der Waals surface area contributed by atoms with E-state index in [2.05, 4.69) is 54.6 Å². The first kappa shape index (κ1) is 26.8. The summed E-state index contributed by atoms with van der Waals surface area (Å²) in [6.07, 6.45) is 1.78. The van der Waals surface area contributed by atoms with E-state index in [1.165, 1.54) is 0 Å². The summed E-state index contributed by atoms with van der Waals surface area (Å²) in [5.41, 5.74) is 9.00. The van der Waals surface area contributed by atoms with Crippen LogP contribution in [-0.4, -0.2) is 24.9 Å². The zero-order valence-electron chi connectivity index (χ0n) is 25.1. The molecule has 4 aromatic heterocycles. The van der Waals surface area contributed by atoms with Gasteiger partial charge in [0.1, 0.15) is 16.9 Å². The molecule has 47 heavy (non-hydrogen) atoms. The van der Waals surface area contributed by atoms with Crippen molar-refractivity contribution in [2.75, 3.05) is 0 Å². The van der Waals surface area contributed by atoms with E-state index in [9.17, 15) is 0 Å². The molecular weight excluding hydrogens is 578 g/mol. The molecule has 5 aromatic carbocycles. The van der Waals surface area contributed by atoms with Crippen molar-refractivity contribution in [2.24, 2.45) is 0 Å². The molecule has 0 spiro atoms. The molecule has 9 aromatic rings. The van der Waals surface area contributed by atoms with Crippen LogP contribution in [0.25, 0.3) is 89.5 Å². The van der Waals surface area contributed by atoms with Crippen LogP contribution in [0.15, 0.2) is 156 Å². The largest absolute Gasteiger partial charge is 0.456 e. The molecule has 220 valence electrons. The van der Waals surface area contributed by atoms with Crippen LogP contribution in [0.2, 0.25) is 0 Å². The van der Waals surface area contributed by atoms with Crippen LogP contribution in [0.3, 0.4) is 0 Å². The highest BCUT2D eigenvalue weighted by molar-refractivity contribution is 6.11. The van der Waals surface area contributed by atoms with Crippen molar-refractivity contribution in [2.45, 2.75) is 0 Å². The third kappa shape index (κ3) is 4.80. The van der Waals surface area contributed by atoms with Crippen molar-refractivity contribution in [3.8, 4) is 56.7 Å². The quantitative estimate of drug-likeness (QED) is 0.195. The number of benzene rings is 5. The summed E-state index contributed by atoms with van der Waals surface area (Å²) in [5.74, 6) is 1.89. The second kappa shape index (κ2) is 11.1. The number of nitrogens with zero attached hydrogens (tertiary/aromatic N) is 5. The molecule has 0 unspecified atom stereocenters. The van der Waals surface area contributed by atoms with Crippen LogP contribution in [0.1, 0.15) is 0 Å². The molecule has 0 saturated carbocycles. The molecule has 0 atom stereocenters. The molecular formula is C41H25N5O. The summed E-state index contributed by atoms with van der Waals surface area (Å²) in [7, 11) is 0. The number of furan rings is 1. The van der Waals surface area contributed by atoms with E-state index in [0.717, 1.165) is 72.0 Å². The number of aromatic nitrogens is 5. The molecule has 9 rings (SSSR count). The maximum Gasteiger partial charge on any atom is 0.164 e. The standard InChI is InChI=1S/C41H25N5O/c1-3-10-28(11-4-1)39-44-40(29-12-5-2-6-13-29)46-41(45-39)30-20-18-26(19-21-30)31-16-9-14-27-22-23-33(43-37(27)31)38-36-32-15-7-8-17-34(32)47-35(36)24-25-42-38/h1-25H. The van der Waals surface area contributed by atoms with Gasteiger partial charge in [0.15, 0.2) is 17.5 Å². The van der Waals surface area contributed by atoms with Crippen LogP contribution in [-0.2, 0) is 0 Å². The van der Waals surface area contributed by atoms with Crippen molar-refractivity contribution in [3.05, 3.63) is 152 Å². The lowest BCUT2D eigenvalue weighted by molar-refractivity contribution is 0.668. The summed E-state index contributed by atoms with van der Waals surface area (Å²) >= 11 is 0. The van der Waals surface area contributed by atoms with Gasteiger partial charge < -0.3 is 4.42 Å². The van der Waals surface area contributed by atoms with Crippen molar-refractivity contribution in [1.82, 2.24) is 24.9 Å². The van der Waals surface area contributed by atoms with Crippen molar-refractivity contribution in [3.63, 3.8) is 0 Å². The topological polar surface area (TPSA) is 77.6 Å². The van der Waals surface area contributed by atoms with Gasteiger partial charge in [-0.15, -0.1) is 0 Å². The summed E-state index contributed by atoms with van der Waals surface area (Å²) in [6, 6.07) is 48.7. The fraction of sp³-hybridized carbons (Fsp3) is 0. The van der Waals surface area contributed by atoms with Gasteiger partial charge in [-0.25, -0.2) is 19.9 Å². The predicted octanol–water partition coefficient (Wildman–Crippen LogP) is 10.0. The average Bonchev–Trinajstić information content (AvgIpc) is 3.54. The van der Waals surface area contributed by atoms with Crippen LogP contribution >= 0.6 is 0 Å². The first-order valence-electron chi connectivity index (χ1n) is 15.4. The number of hydrogen-bond acceptors (Lipinski definition) is 6. The Bertz CT molecular complexity index is 2500. The molecule has 4 heterocycles. The van der Waals surface area contributed by atoms with Crippen molar-refractivity contribution < 1.29 is 4.42 Å². The molecule has 0 fully saturated rings. The minimum absolute atomic E-state index is 0.620. The van der Waals surface area contributed by atoms with Crippen LogP contribution in [0.4, 0.5) is 0 Å². The number of pyridine rings is 2. The SMILES string of the molecule is c1ccc(-c2nc(-c3ccccc3)nc(-c3ccc(-c4cccc5ccc(-c6nccc7oc8ccccc8c67)nc45)cc3)n2)cc1. The van der Waals surface area contributed by atoms with Crippen molar-refractivity contribution in [1.29, 1.82) is 0 Å². The summed E-state index contributed by atoms with van der Waals surface area (Å²) in [6.45, 7) is 0. The number of fused-ring (bicyclic) bond motifs is 4. The predicted molar refractivity (Wildman–Crippen MR) is 187 cm³/mol. The van der Waals surface area contributed by atoms with Gasteiger partial charge >= 0.3 is 0 Å². The minimum Gasteiger partial charge on any atom is -0.456 e. The second-order valence-corrected chi connectivity index (χ2v) is 11.3. The van der Waals surface area contributed by atoms with Gasteiger partial charge in [0.25, 0.3) is 0 Å². The first-order valence-corrected chi connectivity index (χ1v) is 15.4. The summed E-state index contributed by atoms with van der Waals surface area (Å²) < 4.78 is 6.13. The van der Waals surface area contributed by atoms with Crippen LogP contribution < -0.4 is 0 Å². The summed E-state index contributed by atoms with van der Waals surface area (Å²) in [4.78, 5) is 24.6. The Balaban J connectivity index is 1.14. The Morgan fingerprint density at radius 1 is 0.426 bits per heavy atom. The molecule has 0 amide bonds. The van der Waals surface area contributed by atoms with Crippen LogP contribution in [0, 0.1) is 0 Å². The molecule has 0 radical (unpaired) electrons. The van der Waals surface area contributed by atoms with Gasteiger partial charge in [-0.05, 0) is 23.8 Å². The third-order valence-electron chi connectivity index (χ3n) is 8.41. The molecule has 0 saturated heterocycles. The fourth-order valence-corrected chi connectivity index (χ4v) is 6.11. The zero-order valence-corrected chi connectivity index (χ0v) is 25.1. The Hall–Kier alpha value is -6.53. The third-order valence-corrected chi connectivity index (χ3v) is 8.41. The zero-order chi connectivity index (χ0) is 31.2. The molecule has 6 heteroatoms. The van der Waals surface area contributed by atoms with E-state index in [4.69, 9.17) is 29.3 Å². The highest BCUT2D eigenvalue weighted by Crippen LogP contribution is 2.36. The number of para-hydroxylation sites is 2. The first-order chi connectivity index (χ1) is 23.3. The highest BCUT2D eigenvalue weighted by Gasteiger charge is 2.16. The van der Waals surface area contributed by atoms with E-state index in [1.54, 1.807) is 6.20 Å². The van der Waals surface area contributed by atoms with E-state index >= 15 is 0 Å². The Labute approximate surface area is 270 Å². The Morgan fingerprint density at radius 3 is 1.74 bits per heavy atom. The minimum atomic E-state index is 0.620. The van der Waals surface area contributed by atoms with E-state index in [1.807, 2.05) is 91.0 Å². The molecule has 6 nitrogen and oxygen atoms in total. The van der Waals surface area contributed by atoms with Gasteiger partial charge in [-0.2, -0.15) is 0 Å². The lowest BCUT2D eigenvalue weighted by atomic mass is 9.99. The molecule has 0 aliphatic heterocycles. The lowest BCUT2D eigenvalue weighted by Crippen LogP contribution is -2.00. The monoisotopic (exact) mass is 603 g/mol. The van der Waals surface area contributed by atoms with Gasteiger partial charge in [-0.3, -0.25) is 4.98 Å². The Kier molecular flexibility index (Phi) is 6.35. The maximum atomic E-state index is 6.13. The van der Waals surface area contributed by atoms with Gasteiger partial charge in [0, 0.05) is 39.2 Å². The summed E-state index contributed by atoms with van der Waals surface area (Å²) in [5, 5.41) is 3.05. The molecule has 0 aliphatic carbocycles. The normalized spacial score (nSPS) is 11.4.